The lowest BCUT2D eigenvalue weighted by atomic mass is 10.2. The van der Waals surface area contributed by atoms with E-state index in [1.165, 1.54) is 54.7 Å². The molecule has 0 aliphatic heterocycles. The predicted molar refractivity (Wildman–Crippen MR) is 120 cm³/mol. The second-order valence-electron chi connectivity index (χ2n) is 6.79. The number of esters is 1. The molecule has 1 N–H and O–H groups in total. The molecule has 2 aromatic carbocycles. The molecule has 2 rings (SSSR count). The molecule has 33 heavy (non-hydrogen) atoms. The van der Waals surface area contributed by atoms with Crippen LogP contribution in [0.5, 0.6) is 5.75 Å². The summed E-state index contributed by atoms with van der Waals surface area (Å²) in [5, 5.41) is 13.4. The van der Waals surface area contributed by atoms with Gasteiger partial charge in [0.2, 0.25) is 10.0 Å². The van der Waals surface area contributed by atoms with Gasteiger partial charge in [0, 0.05) is 25.2 Å². The number of sulfonamides is 1. The van der Waals surface area contributed by atoms with Crippen LogP contribution in [0.15, 0.2) is 47.4 Å². The fraction of sp³-hybridized carbons (Fsp3) is 0.333. The third-order valence-corrected chi connectivity index (χ3v) is 6.80. The first-order valence-electron chi connectivity index (χ1n) is 9.99. The molecule has 11 nitrogen and oxygen atoms in total. The average Bonchev–Trinajstić information content (AvgIpc) is 2.79. The molecule has 1 amide bonds. The number of nitrogens with one attached hydrogen (secondary N) is 1. The standard InChI is InChI=1S/C21H25N3O8S/c1-5-23(6-2)33(29,30)17-10-7-15(8-11-17)21(26)32-14(3)20(25)22-18-13-16(24(27)28)9-12-19(18)31-4/h7-14H,5-6H2,1-4H3,(H,22,25). The molecular weight excluding hydrogens is 454 g/mol. The van der Waals surface area contributed by atoms with Gasteiger partial charge >= 0.3 is 5.97 Å². The van der Waals surface area contributed by atoms with Gasteiger partial charge in [-0.15, -0.1) is 0 Å². The number of benzene rings is 2. The number of rotatable bonds is 10. The smallest absolute Gasteiger partial charge is 0.338 e. The van der Waals surface area contributed by atoms with E-state index in [-0.39, 0.29) is 27.6 Å². The van der Waals surface area contributed by atoms with Crippen molar-refractivity contribution in [1.29, 1.82) is 0 Å². The number of carbonyl (C=O) groups excluding carboxylic acids is 2. The summed E-state index contributed by atoms with van der Waals surface area (Å²) in [6, 6.07) is 8.87. The van der Waals surface area contributed by atoms with Gasteiger partial charge in [-0.25, -0.2) is 13.2 Å². The normalized spacial score (nSPS) is 12.2. The Labute approximate surface area is 191 Å². The van der Waals surface area contributed by atoms with Crippen molar-refractivity contribution in [2.75, 3.05) is 25.5 Å². The van der Waals surface area contributed by atoms with Crippen molar-refractivity contribution in [2.45, 2.75) is 31.8 Å². The Morgan fingerprint density at radius 3 is 2.24 bits per heavy atom. The van der Waals surface area contributed by atoms with Crippen molar-refractivity contribution >= 4 is 33.3 Å². The van der Waals surface area contributed by atoms with Crippen LogP contribution in [0.1, 0.15) is 31.1 Å². The number of carbonyl (C=O) groups is 2. The predicted octanol–water partition coefficient (Wildman–Crippen LogP) is 2.82. The third-order valence-electron chi connectivity index (χ3n) is 4.74. The lowest BCUT2D eigenvalue weighted by Crippen LogP contribution is -2.31. The van der Waals surface area contributed by atoms with Gasteiger partial charge in [0.05, 0.1) is 28.2 Å². The van der Waals surface area contributed by atoms with Crippen molar-refractivity contribution in [3.8, 4) is 5.75 Å². The number of non-ortho nitro benzene ring substituents is 1. The number of nitrogens with zero attached hydrogens (tertiary/aromatic N) is 2. The first kappa shape index (κ1) is 25.7. The van der Waals surface area contributed by atoms with Crippen LogP contribution in [-0.2, 0) is 19.6 Å². The van der Waals surface area contributed by atoms with Gasteiger partial charge in [-0.2, -0.15) is 4.31 Å². The highest BCUT2D eigenvalue weighted by Gasteiger charge is 2.24. The highest BCUT2D eigenvalue weighted by molar-refractivity contribution is 7.89. The molecular formula is C21H25N3O8S. The zero-order valence-corrected chi connectivity index (χ0v) is 19.4. The number of hydrogen-bond acceptors (Lipinski definition) is 8. The van der Waals surface area contributed by atoms with Crippen LogP contribution in [0, 0.1) is 10.1 Å². The summed E-state index contributed by atoms with van der Waals surface area (Å²) in [4.78, 5) is 35.3. The van der Waals surface area contributed by atoms with Crippen molar-refractivity contribution in [2.24, 2.45) is 0 Å². The molecule has 0 saturated carbocycles. The number of nitro groups is 1. The zero-order chi connectivity index (χ0) is 24.8. The Balaban J connectivity index is 2.11. The SMILES string of the molecule is CCN(CC)S(=O)(=O)c1ccc(C(=O)OC(C)C(=O)Nc2cc([N+](=O)[O-])ccc2OC)cc1. The van der Waals surface area contributed by atoms with E-state index in [4.69, 9.17) is 9.47 Å². The maximum absolute atomic E-state index is 12.5. The van der Waals surface area contributed by atoms with Gasteiger partial charge in [-0.05, 0) is 37.3 Å². The molecule has 0 saturated heterocycles. The number of nitro benzene ring substituents is 1. The van der Waals surface area contributed by atoms with Crippen LogP contribution in [0.3, 0.4) is 0 Å². The Morgan fingerprint density at radius 2 is 1.73 bits per heavy atom. The number of methoxy groups -OCH3 is 1. The van der Waals surface area contributed by atoms with E-state index >= 15 is 0 Å². The zero-order valence-electron chi connectivity index (χ0n) is 18.6. The Hall–Kier alpha value is -3.51. The van der Waals surface area contributed by atoms with E-state index in [2.05, 4.69) is 5.32 Å². The molecule has 0 spiro atoms. The van der Waals surface area contributed by atoms with Gasteiger partial charge in [0.15, 0.2) is 6.10 Å². The molecule has 1 unspecified atom stereocenters. The summed E-state index contributed by atoms with van der Waals surface area (Å²) in [5.41, 5.74) is -0.151. The van der Waals surface area contributed by atoms with E-state index in [0.717, 1.165) is 6.07 Å². The maximum Gasteiger partial charge on any atom is 0.338 e. The molecule has 178 valence electrons. The Kier molecular flexibility index (Phi) is 8.49. The van der Waals surface area contributed by atoms with Crippen molar-refractivity contribution in [3.63, 3.8) is 0 Å². The van der Waals surface area contributed by atoms with E-state index in [9.17, 15) is 28.1 Å². The minimum absolute atomic E-state index is 0.0336. The molecule has 0 aromatic heterocycles. The molecule has 0 aliphatic rings. The van der Waals surface area contributed by atoms with Crippen LogP contribution in [-0.4, -0.2) is 55.8 Å². The third kappa shape index (κ3) is 6.05. The summed E-state index contributed by atoms with van der Waals surface area (Å²) < 4.78 is 36.6. The highest BCUT2D eigenvalue weighted by atomic mass is 32.2. The molecule has 0 radical (unpaired) electrons. The fourth-order valence-electron chi connectivity index (χ4n) is 2.90. The van der Waals surface area contributed by atoms with Gasteiger partial charge in [0.25, 0.3) is 11.6 Å². The molecule has 12 heteroatoms. The summed E-state index contributed by atoms with van der Waals surface area (Å²) in [7, 11) is -2.34. The molecule has 0 bridgehead atoms. The Morgan fingerprint density at radius 1 is 1.12 bits per heavy atom. The van der Waals surface area contributed by atoms with Crippen LogP contribution in [0.2, 0.25) is 0 Å². The summed E-state index contributed by atoms with van der Waals surface area (Å²) in [5.74, 6) is -1.38. The molecule has 1 atom stereocenters. The summed E-state index contributed by atoms with van der Waals surface area (Å²) in [6.07, 6.45) is -1.25. The maximum atomic E-state index is 12.5. The van der Waals surface area contributed by atoms with Gasteiger partial charge < -0.3 is 14.8 Å². The molecule has 0 aliphatic carbocycles. The van der Waals surface area contributed by atoms with Crippen LogP contribution >= 0.6 is 0 Å². The molecule has 0 heterocycles. The minimum Gasteiger partial charge on any atom is -0.495 e. The lowest BCUT2D eigenvalue weighted by molar-refractivity contribution is -0.384. The highest BCUT2D eigenvalue weighted by Crippen LogP contribution is 2.29. The molecule has 0 fully saturated rings. The number of ether oxygens (including phenoxy) is 2. The van der Waals surface area contributed by atoms with Crippen molar-refractivity contribution in [3.05, 3.63) is 58.1 Å². The lowest BCUT2D eigenvalue weighted by Gasteiger charge is -2.18. The largest absolute Gasteiger partial charge is 0.495 e. The van der Waals surface area contributed by atoms with Crippen LogP contribution in [0.25, 0.3) is 0 Å². The van der Waals surface area contributed by atoms with E-state index in [1.54, 1.807) is 13.8 Å². The average molecular weight is 480 g/mol. The van der Waals surface area contributed by atoms with Gasteiger partial charge in [0.1, 0.15) is 5.75 Å². The van der Waals surface area contributed by atoms with E-state index in [0.29, 0.717) is 13.1 Å². The second-order valence-corrected chi connectivity index (χ2v) is 8.73. The monoisotopic (exact) mass is 479 g/mol. The van der Waals surface area contributed by atoms with Gasteiger partial charge in [-0.1, -0.05) is 13.8 Å². The van der Waals surface area contributed by atoms with Crippen molar-refractivity contribution < 1.29 is 32.4 Å². The second kappa shape index (κ2) is 10.9. The first-order valence-corrected chi connectivity index (χ1v) is 11.4. The number of amides is 1. The van der Waals surface area contributed by atoms with E-state index in [1.807, 2.05) is 0 Å². The minimum atomic E-state index is -3.67. The number of hydrogen-bond donors (Lipinski definition) is 1. The van der Waals surface area contributed by atoms with Crippen molar-refractivity contribution in [1.82, 2.24) is 4.31 Å². The van der Waals surface area contributed by atoms with Crippen LogP contribution < -0.4 is 10.1 Å². The summed E-state index contributed by atoms with van der Waals surface area (Å²) >= 11 is 0. The van der Waals surface area contributed by atoms with Gasteiger partial charge in [-0.3, -0.25) is 14.9 Å². The van der Waals surface area contributed by atoms with E-state index < -0.39 is 32.9 Å². The summed E-state index contributed by atoms with van der Waals surface area (Å²) in [6.45, 7) is 5.40. The molecule has 2 aromatic rings. The van der Waals surface area contributed by atoms with Crippen LogP contribution in [0.4, 0.5) is 11.4 Å². The number of anilines is 1. The fourth-order valence-corrected chi connectivity index (χ4v) is 4.36. The quantitative estimate of drug-likeness (QED) is 0.311. The topological polar surface area (TPSA) is 145 Å². The Bertz CT molecular complexity index is 1130. The first-order chi connectivity index (χ1) is 15.5.